The minimum atomic E-state index is -0.274. The van der Waals surface area contributed by atoms with Gasteiger partial charge in [0.05, 0.1) is 11.3 Å². The summed E-state index contributed by atoms with van der Waals surface area (Å²) in [5.74, 6) is -0.274. The van der Waals surface area contributed by atoms with Crippen molar-refractivity contribution in [2.45, 2.75) is 19.9 Å². The predicted octanol–water partition coefficient (Wildman–Crippen LogP) is 4.04. The van der Waals surface area contributed by atoms with Crippen molar-refractivity contribution in [1.29, 1.82) is 0 Å². The van der Waals surface area contributed by atoms with Gasteiger partial charge in [0, 0.05) is 15.4 Å². The van der Waals surface area contributed by atoms with Crippen LogP contribution >= 0.6 is 27.3 Å². The molecular weight excluding hydrogens is 303 g/mol. The highest BCUT2D eigenvalue weighted by molar-refractivity contribution is 9.10. The first-order valence-electron chi connectivity index (χ1n) is 5.18. The second-order valence-electron chi connectivity index (χ2n) is 3.85. The summed E-state index contributed by atoms with van der Waals surface area (Å²) in [6.07, 6.45) is 0. The van der Waals surface area contributed by atoms with Gasteiger partial charge in [-0.3, -0.25) is 0 Å². The molecule has 2 aromatic rings. The van der Waals surface area contributed by atoms with Crippen molar-refractivity contribution in [3.05, 3.63) is 39.1 Å². The number of halogens is 2. The summed E-state index contributed by atoms with van der Waals surface area (Å²) in [7, 11) is 0. The van der Waals surface area contributed by atoms with Crippen LogP contribution in [-0.4, -0.2) is 4.98 Å². The third kappa shape index (κ3) is 2.41. The number of benzene rings is 1. The van der Waals surface area contributed by atoms with E-state index >= 15 is 0 Å². The van der Waals surface area contributed by atoms with Crippen LogP contribution in [0.25, 0.3) is 10.6 Å². The molecule has 2 rings (SSSR count). The average Bonchev–Trinajstić information content (AvgIpc) is 2.60. The molecule has 0 aliphatic carbocycles. The zero-order chi connectivity index (χ0) is 12.6. The predicted molar refractivity (Wildman–Crippen MR) is 72.5 cm³/mol. The van der Waals surface area contributed by atoms with E-state index < -0.39 is 0 Å². The van der Waals surface area contributed by atoms with Gasteiger partial charge in [-0.25, -0.2) is 9.37 Å². The Balaban J connectivity index is 2.58. The molecule has 1 unspecified atom stereocenters. The molecule has 2 N–H and O–H groups in total. The number of aromatic nitrogens is 1. The van der Waals surface area contributed by atoms with Crippen molar-refractivity contribution in [3.63, 3.8) is 0 Å². The summed E-state index contributed by atoms with van der Waals surface area (Å²) in [4.78, 5) is 5.39. The molecule has 2 nitrogen and oxygen atoms in total. The molecular formula is C12H12BrFN2S. The fourth-order valence-electron chi connectivity index (χ4n) is 1.64. The molecule has 5 heteroatoms. The highest BCUT2D eigenvalue weighted by Crippen LogP contribution is 2.36. The van der Waals surface area contributed by atoms with Crippen LogP contribution in [0.2, 0.25) is 0 Å². The Morgan fingerprint density at radius 3 is 2.71 bits per heavy atom. The van der Waals surface area contributed by atoms with E-state index in [1.807, 2.05) is 13.8 Å². The Labute approximate surface area is 112 Å². The Kier molecular flexibility index (Phi) is 3.61. The monoisotopic (exact) mass is 314 g/mol. The summed E-state index contributed by atoms with van der Waals surface area (Å²) in [6.45, 7) is 3.80. The molecule has 0 bridgehead atoms. The topological polar surface area (TPSA) is 38.9 Å². The highest BCUT2D eigenvalue weighted by Gasteiger charge is 2.17. The Morgan fingerprint density at radius 1 is 1.47 bits per heavy atom. The number of thiazole rings is 1. The van der Waals surface area contributed by atoms with Crippen LogP contribution in [0, 0.1) is 12.7 Å². The van der Waals surface area contributed by atoms with E-state index in [9.17, 15) is 4.39 Å². The number of hydrogen-bond acceptors (Lipinski definition) is 3. The summed E-state index contributed by atoms with van der Waals surface area (Å²) in [5.41, 5.74) is 7.22. The Hall–Kier alpha value is -0.780. The quantitative estimate of drug-likeness (QED) is 0.908. The van der Waals surface area contributed by atoms with Gasteiger partial charge in [-0.05, 0) is 41.9 Å². The van der Waals surface area contributed by atoms with Crippen LogP contribution in [0.5, 0.6) is 0 Å². The van der Waals surface area contributed by atoms with Crippen molar-refractivity contribution >= 4 is 27.3 Å². The maximum atomic E-state index is 13.8. The summed E-state index contributed by atoms with van der Waals surface area (Å²) in [5, 5.41) is 0.666. The largest absolute Gasteiger partial charge is 0.323 e. The van der Waals surface area contributed by atoms with Gasteiger partial charge >= 0.3 is 0 Å². The molecule has 17 heavy (non-hydrogen) atoms. The van der Waals surface area contributed by atoms with Crippen LogP contribution < -0.4 is 5.73 Å². The van der Waals surface area contributed by atoms with Crippen LogP contribution in [0.1, 0.15) is 23.5 Å². The normalized spacial score (nSPS) is 12.8. The zero-order valence-corrected chi connectivity index (χ0v) is 11.9. The minimum absolute atomic E-state index is 0.0770. The number of rotatable bonds is 2. The Morgan fingerprint density at radius 2 is 2.18 bits per heavy atom. The average molecular weight is 315 g/mol. The third-order valence-electron chi connectivity index (χ3n) is 2.42. The van der Waals surface area contributed by atoms with Crippen LogP contribution in [0.3, 0.4) is 0 Å². The highest BCUT2D eigenvalue weighted by atomic mass is 79.9. The van der Waals surface area contributed by atoms with Crippen molar-refractivity contribution in [1.82, 2.24) is 4.98 Å². The summed E-state index contributed by atoms with van der Waals surface area (Å²) < 4.78 is 14.5. The molecule has 1 heterocycles. The van der Waals surface area contributed by atoms with Gasteiger partial charge in [0.25, 0.3) is 0 Å². The maximum Gasteiger partial charge on any atom is 0.134 e. The molecule has 0 aliphatic rings. The molecule has 90 valence electrons. The van der Waals surface area contributed by atoms with Crippen LogP contribution in [0.4, 0.5) is 4.39 Å². The van der Waals surface area contributed by atoms with Crippen molar-refractivity contribution < 1.29 is 4.39 Å². The van der Waals surface area contributed by atoms with Gasteiger partial charge < -0.3 is 5.73 Å². The summed E-state index contributed by atoms with van der Waals surface area (Å²) >= 11 is 4.79. The number of nitrogens with two attached hydrogens (primary N) is 1. The molecule has 0 fully saturated rings. The molecule has 1 aromatic heterocycles. The lowest BCUT2D eigenvalue weighted by Crippen LogP contribution is -2.03. The fourth-order valence-corrected chi connectivity index (χ4v) is 3.38. The van der Waals surface area contributed by atoms with Crippen molar-refractivity contribution in [3.8, 4) is 10.6 Å². The van der Waals surface area contributed by atoms with Crippen LogP contribution in [0.15, 0.2) is 22.7 Å². The van der Waals surface area contributed by atoms with E-state index in [4.69, 9.17) is 5.73 Å². The van der Waals surface area contributed by atoms with Gasteiger partial charge in [-0.2, -0.15) is 0 Å². The first-order chi connectivity index (χ1) is 8.00. The van der Waals surface area contributed by atoms with Gasteiger partial charge in [-0.1, -0.05) is 6.07 Å². The van der Waals surface area contributed by atoms with E-state index in [2.05, 4.69) is 20.9 Å². The first kappa shape index (κ1) is 12.7. The maximum absolute atomic E-state index is 13.8. The van der Waals surface area contributed by atoms with Gasteiger partial charge in [0.15, 0.2) is 0 Å². The molecule has 0 amide bonds. The molecule has 0 saturated carbocycles. The summed E-state index contributed by atoms with van der Waals surface area (Å²) in [6, 6.07) is 4.82. The minimum Gasteiger partial charge on any atom is -0.323 e. The van der Waals surface area contributed by atoms with Gasteiger partial charge in [0.1, 0.15) is 10.8 Å². The van der Waals surface area contributed by atoms with Gasteiger partial charge in [-0.15, -0.1) is 11.3 Å². The second kappa shape index (κ2) is 4.84. The molecule has 1 atom stereocenters. The first-order valence-corrected chi connectivity index (χ1v) is 6.79. The molecule has 0 spiro atoms. The fraction of sp³-hybridized carbons (Fsp3) is 0.250. The van der Waals surface area contributed by atoms with Crippen LogP contribution in [-0.2, 0) is 0 Å². The lowest BCUT2D eigenvalue weighted by atomic mass is 10.2. The third-order valence-corrected chi connectivity index (χ3v) is 4.46. The van der Waals surface area contributed by atoms with Crippen molar-refractivity contribution in [2.24, 2.45) is 5.73 Å². The second-order valence-corrected chi connectivity index (χ2v) is 5.74. The molecule has 0 saturated heterocycles. The standard InChI is InChI=1S/C12H12BrFN2S/c1-6(15)11-7(2)16-12(17-11)10-8(13)4-3-5-9(10)14/h3-6H,15H2,1-2H3. The number of aryl methyl sites for hydroxylation is 1. The van der Waals surface area contributed by atoms with E-state index in [0.29, 0.717) is 15.0 Å². The van der Waals surface area contributed by atoms with E-state index in [1.54, 1.807) is 12.1 Å². The van der Waals surface area contributed by atoms with E-state index in [-0.39, 0.29) is 11.9 Å². The lowest BCUT2D eigenvalue weighted by molar-refractivity contribution is 0.630. The van der Waals surface area contributed by atoms with Gasteiger partial charge in [0.2, 0.25) is 0 Å². The SMILES string of the molecule is Cc1nc(-c2c(F)cccc2Br)sc1C(C)N. The van der Waals surface area contributed by atoms with E-state index in [1.165, 1.54) is 17.4 Å². The Bertz CT molecular complexity index is 531. The molecule has 1 aromatic carbocycles. The molecule has 0 radical (unpaired) electrons. The molecule has 0 aliphatic heterocycles. The van der Waals surface area contributed by atoms with Crippen molar-refractivity contribution in [2.75, 3.05) is 0 Å². The smallest absolute Gasteiger partial charge is 0.134 e. The van der Waals surface area contributed by atoms with E-state index in [0.717, 1.165) is 10.6 Å². The zero-order valence-electron chi connectivity index (χ0n) is 9.50. The lowest BCUT2D eigenvalue weighted by Gasteiger charge is -2.02. The number of nitrogens with zero attached hydrogens (tertiary/aromatic N) is 1. The number of hydrogen-bond donors (Lipinski definition) is 1.